The van der Waals surface area contributed by atoms with Crippen LogP contribution in [0.4, 0.5) is 0 Å². The van der Waals surface area contributed by atoms with Crippen LogP contribution in [0.3, 0.4) is 0 Å². The van der Waals surface area contributed by atoms with Gasteiger partial charge in [0.25, 0.3) is 0 Å². The summed E-state index contributed by atoms with van der Waals surface area (Å²) in [7, 11) is -0.568. The van der Waals surface area contributed by atoms with Crippen LogP contribution in [-0.2, 0) is 15.5 Å². The number of rotatable bonds is 4. The molecule has 0 aromatic rings. The summed E-state index contributed by atoms with van der Waals surface area (Å²) in [6.45, 7) is 0.811. The molecular weight excluding hydrogens is 244 g/mol. The lowest BCUT2D eigenvalue weighted by atomic mass is 9.96. The Kier molecular flexibility index (Phi) is 6.25. The molecule has 2 rings (SSSR count). The molecule has 0 spiro atoms. The second kappa shape index (κ2) is 7.98. The second-order valence-electron chi connectivity index (χ2n) is 5.67. The molecule has 2 aliphatic rings. The molecule has 0 radical (unpaired) electrons. The van der Waals surface area contributed by atoms with Crippen molar-refractivity contribution in [2.24, 2.45) is 5.92 Å². The highest BCUT2D eigenvalue weighted by atomic mass is 32.2. The van der Waals surface area contributed by atoms with Crippen LogP contribution in [0.15, 0.2) is 11.8 Å². The van der Waals surface area contributed by atoms with Crippen LogP contribution >= 0.6 is 0 Å². The Balaban J connectivity index is 1.63. The van der Waals surface area contributed by atoms with Crippen molar-refractivity contribution >= 4 is 10.8 Å². The second-order valence-corrected chi connectivity index (χ2v) is 7.29. The molecule has 2 nitrogen and oxygen atoms in total. The van der Waals surface area contributed by atoms with E-state index in [-0.39, 0.29) is 0 Å². The van der Waals surface area contributed by atoms with E-state index >= 15 is 0 Å². The third kappa shape index (κ3) is 5.13. The fraction of sp³-hybridized carbons (Fsp3) is 0.867. The minimum absolute atomic E-state index is 0.568. The highest BCUT2D eigenvalue weighted by Crippen LogP contribution is 2.23. The van der Waals surface area contributed by atoms with E-state index in [1.165, 1.54) is 50.5 Å². The van der Waals surface area contributed by atoms with Crippen LogP contribution in [0, 0.1) is 5.92 Å². The molecule has 104 valence electrons. The Hall–Kier alpha value is -0.310. The number of allylic oxidation sites excluding steroid dienone is 1. The van der Waals surface area contributed by atoms with Gasteiger partial charge in [-0.2, -0.15) is 0 Å². The largest absolute Gasteiger partial charge is 0.501 e. The first-order chi connectivity index (χ1) is 8.84. The monoisotopic (exact) mass is 270 g/mol. The van der Waals surface area contributed by atoms with E-state index in [1.807, 2.05) is 6.26 Å². The average molecular weight is 270 g/mol. The van der Waals surface area contributed by atoms with Gasteiger partial charge >= 0.3 is 0 Å². The Bertz CT molecular complexity index is 291. The first-order valence-corrected chi connectivity index (χ1v) is 8.98. The van der Waals surface area contributed by atoms with Crippen molar-refractivity contribution in [2.45, 2.75) is 57.8 Å². The predicted octanol–water partition coefficient (Wildman–Crippen LogP) is 3.79. The molecule has 2 unspecified atom stereocenters. The molecule has 0 amide bonds. The van der Waals surface area contributed by atoms with Crippen molar-refractivity contribution in [3.05, 3.63) is 11.8 Å². The van der Waals surface area contributed by atoms with Gasteiger partial charge in [0.1, 0.15) is 0 Å². The van der Waals surface area contributed by atoms with Gasteiger partial charge in [0.15, 0.2) is 0 Å². The summed E-state index contributed by atoms with van der Waals surface area (Å²) in [5.41, 5.74) is 1.49. The van der Waals surface area contributed by atoms with E-state index in [9.17, 15) is 4.21 Å². The van der Waals surface area contributed by atoms with Crippen molar-refractivity contribution in [3.8, 4) is 0 Å². The summed E-state index contributed by atoms with van der Waals surface area (Å²) < 4.78 is 17.3. The fourth-order valence-corrected chi connectivity index (χ4v) is 4.44. The van der Waals surface area contributed by atoms with Gasteiger partial charge < -0.3 is 4.74 Å². The van der Waals surface area contributed by atoms with Gasteiger partial charge in [-0.25, -0.2) is 0 Å². The Labute approximate surface area is 114 Å². The molecular formula is C15H26O2S. The maximum absolute atomic E-state index is 11.6. The van der Waals surface area contributed by atoms with E-state index in [4.69, 9.17) is 4.74 Å². The fourth-order valence-electron chi connectivity index (χ4n) is 2.89. The standard InChI is InChI=1S/C15H26O2S/c16-18-11-5-4-8-15(13-18)9-10-17-12-14-6-2-1-3-7-14/h12,15H,1-11,13H2. The molecule has 1 aliphatic heterocycles. The molecule has 1 heterocycles. The molecule has 0 bridgehead atoms. The SMILES string of the molecule is O=S1CCCCC(CCOC=C2CCCCC2)C1. The minimum atomic E-state index is -0.568. The van der Waals surface area contributed by atoms with Crippen molar-refractivity contribution in [1.82, 2.24) is 0 Å². The number of ether oxygens (including phenoxy) is 1. The molecule has 1 aliphatic carbocycles. The lowest BCUT2D eigenvalue weighted by molar-refractivity contribution is 0.218. The van der Waals surface area contributed by atoms with Crippen LogP contribution in [0.1, 0.15) is 57.8 Å². The number of hydrogen-bond acceptors (Lipinski definition) is 2. The molecule has 0 aromatic carbocycles. The van der Waals surface area contributed by atoms with Gasteiger partial charge in [-0.3, -0.25) is 4.21 Å². The summed E-state index contributed by atoms with van der Waals surface area (Å²) in [6, 6.07) is 0. The maximum Gasteiger partial charge on any atom is 0.0876 e. The van der Waals surface area contributed by atoms with E-state index < -0.39 is 10.8 Å². The van der Waals surface area contributed by atoms with Crippen LogP contribution in [-0.4, -0.2) is 22.3 Å². The minimum Gasteiger partial charge on any atom is -0.501 e. The van der Waals surface area contributed by atoms with Crippen molar-refractivity contribution in [2.75, 3.05) is 18.1 Å². The maximum atomic E-state index is 11.6. The topological polar surface area (TPSA) is 26.3 Å². The third-order valence-electron chi connectivity index (χ3n) is 4.05. The molecule has 3 heteroatoms. The lowest BCUT2D eigenvalue weighted by Gasteiger charge is -2.15. The van der Waals surface area contributed by atoms with Crippen molar-refractivity contribution in [1.29, 1.82) is 0 Å². The lowest BCUT2D eigenvalue weighted by Crippen LogP contribution is -2.12. The van der Waals surface area contributed by atoms with Crippen LogP contribution in [0.2, 0.25) is 0 Å². The Morgan fingerprint density at radius 2 is 2.00 bits per heavy atom. The normalized spacial score (nSPS) is 29.7. The van der Waals surface area contributed by atoms with Crippen LogP contribution in [0.25, 0.3) is 0 Å². The summed E-state index contributed by atoms with van der Waals surface area (Å²) >= 11 is 0. The molecule has 2 fully saturated rings. The first-order valence-electron chi connectivity index (χ1n) is 7.49. The summed E-state index contributed by atoms with van der Waals surface area (Å²) in [5.74, 6) is 2.44. The van der Waals surface area contributed by atoms with Gasteiger partial charge in [-0.1, -0.05) is 12.8 Å². The average Bonchev–Trinajstić information content (AvgIpc) is 2.60. The van der Waals surface area contributed by atoms with Gasteiger partial charge in [-0.05, 0) is 56.4 Å². The predicted molar refractivity (Wildman–Crippen MR) is 77.0 cm³/mol. The molecule has 18 heavy (non-hydrogen) atoms. The zero-order chi connectivity index (χ0) is 12.6. The van der Waals surface area contributed by atoms with E-state index in [1.54, 1.807) is 0 Å². The molecule has 0 N–H and O–H groups in total. The van der Waals surface area contributed by atoms with Gasteiger partial charge in [0.2, 0.25) is 0 Å². The van der Waals surface area contributed by atoms with Crippen LogP contribution < -0.4 is 0 Å². The van der Waals surface area contributed by atoms with Gasteiger partial charge in [0.05, 0.1) is 12.9 Å². The Morgan fingerprint density at radius 1 is 1.17 bits per heavy atom. The molecule has 2 atom stereocenters. The summed E-state index contributed by atoms with van der Waals surface area (Å²) in [6.07, 6.45) is 13.2. The highest BCUT2D eigenvalue weighted by Gasteiger charge is 2.16. The van der Waals surface area contributed by atoms with E-state index in [0.29, 0.717) is 5.92 Å². The Morgan fingerprint density at radius 3 is 2.83 bits per heavy atom. The zero-order valence-electron chi connectivity index (χ0n) is 11.4. The summed E-state index contributed by atoms with van der Waals surface area (Å²) in [4.78, 5) is 0. The van der Waals surface area contributed by atoms with Crippen LogP contribution in [0.5, 0.6) is 0 Å². The quantitative estimate of drug-likeness (QED) is 0.574. The van der Waals surface area contributed by atoms with Gasteiger partial charge in [-0.15, -0.1) is 0 Å². The summed E-state index contributed by atoms with van der Waals surface area (Å²) in [5, 5.41) is 0. The van der Waals surface area contributed by atoms with Crippen molar-refractivity contribution < 1.29 is 8.95 Å². The molecule has 0 aromatic heterocycles. The molecule has 1 saturated carbocycles. The number of hydrogen-bond donors (Lipinski definition) is 0. The van der Waals surface area contributed by atoms with E-state index in [0.717, 1.165) is 31.0 Å². The smallest absolute Gasteiger partial charge is 0.0876 e. The van der Waals surface area contributed by atoms with Gasteiger partial charge in [0, 0.05) is 22.3 Å². The zero-order valence-corrected chi connectivity index (χ0v) is 12.2. The van der Waals surface area contributed by atoms with Crippen molar-refractivity contribution in [3.63, 3.8) is 0 Å². The highest BCUT2D eigenvalue weighted by molar-refractivity contribution is 7.84. The van der Waals surface area contributed by atoms with E-state index in [2.05, 4.69) is 0 Å². The third-order valence-corrected chi connectivity index (χ3v) is 5.63. The molecule has 1 saturated heterocycles. The first kappa shape index (κ1) is 14.1.